The van der Waals surface area contributed by atoms with E-state index in [4.69, 9.17) is 28.1 Å². The molecule has 0 spiro atoms. The minimum atomic E-state index is -0.177. The van der Waals surface area contributed by atoms with Crippen molar-refractivity contribution in [2.45, 2.75) is 0 Å². The van der Waals surface area contributed by atoms with Crippen molar-refractivity contribution in [3.05, 3.63) is 66.4 Å². The van der Waals surface area contributed by atoms with Crippen molar-refractivity contribution in [1.29, 1.82) is 0 Å². The summed E-state index contributed by atoms with van der Waals surface area (Å²) in [5.41, 5.74) is 2.97. The van der Waals surface area contributed by atoms with E-state index in [2.05, 4.69) is 0 Å². The van der Waals surface area contributed by atoms with Crippen LogP contribution in [0, 0.1) is 0 Å². The van der Waals surface area contributed by atoms with Crippen molar-refractivity contribution in [2.24, 2.45) is 0 Å². The summed E-state index contributed by atoms with van der Waals surface area (Å²) < 4.78 is 32.7. The lowest BCUT2D eigenvalue weighted by Gasteiger charge is -2.10. The minimum Gasteiger partial charge on any atom is -0.493 e. The fraction of sp³-hybridized carbons (Fsp3) is 0.192. The Morgan fingerprint density at radius 3 is 2.12 bits per heavy atom. The normalized spacial score (nSPS) is 10.7. The van der Waals surface area contributed by atoms with E-state index in [1.54, 1.807) is 51.9 Å². The molecule has 170 valence electrons. The number of Topliss-reactive ketones (excluding diaryl/α,β-unsaturated/α-hetero) is 1. The van der Waals surface area contributed by atoms with Gasteiger partial charge in [-0.25, -0.2) is 0 Å². The van der Waals surface area contributed by atoms with Crippen LogP contribution in [-0.2, 0) is 0 Å². The smallest absolute Gasteiger partial charge is 0.200 e. The Morgan fingerprint density at radius 2 is 1.42 bits per heavy atom. The van der Waals surface area contributed by atoms with Gasteiger partial charge in [0.05, 0.1) is 34.7 Å². The molecule has 0 atom stereocenters. The van der Waals surface area contributed by atoms with Crippen molar-refractivity contribution in [3.63, 3.8) is 0 Å². The van der Waals surface area contributed by atoms with Crippen molar-refractivity contribution >= 4 is 16.8 Å². The summed E-state index contributed by atoms with van der Waals surface area (Å²) in [6.45, 7) is -0.121. The average Bonchev–Trinajstić information content (AvgIpc) is 3.29. The molecule has 7 nitrogen and oxygen atoms in total. The third-order valence-corrected chi connectivity index (χ3v) is 5.31. The second-order valence-electron chi connectivity index (χ2n) is 7.16. The summed E-state index contributed by atoms with van der Waals surface area (Å²) in [4.78, 5) is 12.7. The Hall–Kier alpha value is -4.13. The molecule has 4 rings (SSSR count). The van der Waals surface area contributed by atoms with Crippen LogP contribution in [0.3, 0.4) is 0 Å². The van der Waals surface area contributed by atoms with Crippen LogP contribution < -0.4 is 23.7 Å². The molecule has 0 fully saturated rings. The largest absolute Gasteiger partial charge is 0.493 e. The molecule has 0 aliphatic rings. The van der Waals surface area contributed by atoms with Crippen LogP contribution >= 0.6 is 0 Å². The number of carbonyl (C=O) groups is 1. The number of furan rings is 1. The molecule has 0 aliphatic carbocycles. The van der Waals surface area contributed by atoms with Crippen LogP contribution in [-0.4, -0.2) is 40.8 Å². The summed E-state index contributed by atoms with van der Waals surface area (Å²) in [6, 6.07) is 16.1. The number of rotatable bonds is 9. The summed E-state index contributed by atoms with van der Waals surface area (Å²) in [5.74, 6) is 2.69. The monoisotopic (exact) mass is 448 g/mol. The molecule has 1 aromatic heterocycles. The summed E-state index contributed by atoms with van der Waals surface area (Å²) in [7, 11) is 6.26. The molecular weight excluding hydrogens is 424 g/mol. The molecule has 0 N–H and O–H groups in total. The molecule has 0 aliphatic heterocycles. The van der Waals surface area contributed by atoms with E-state index in [-0.39, 0.29) is 12.4 Å². The van der Waals surface area contributed by atoms with Crippen LogP contribution in [0.4, 0.5) is 0 Å². The van der Waals surface area contributed by atoms with Crippen LogP contribution in [0.2, 0.25) is 0 Å². The highest BCUT2D eigenvalue weighted by Crippen LogP contribution is 2.37. The lowest BCUT2D eigenvalue weighted by molar-refractivity contribution is 0.0921. The Balaban J connectivity index is 1.56. The van der Waals surface area contributed by atoms with Gasteiger partial charge in [0.25, 0.3) is 0 Å². The summed E-state index contributed by atoms with van der Waals surface area (Å²) >= 11 is 0. The quantitative estimate of drug-likeness (QED) is 0.318. The van der Waals surface area contributed by atoms with Crippen molar-refractivity contribution in [1.82, 2.24) is 0 Å². The van der Waals surface area contributed by atoms with E-state index in [1.165, 1.54) is 7.11 Å². The number of fused-ring (bicyclic) bond motifs is 1. The number of hydrogen-bond acceptors (Lipinski definition) is 7. The molecule has 0 saturated carbocycles. The first kappa shape index (κ1) is 22.1. The maximum atomic E-state index is 12.7. The van der Waals surface area contributed by atoms with E-state index in [9.17, 15) is 4.79 Å². The predicted molar refractivity (Wildman–Crippen MR) is 124 cm³/mol. The van der Waals surface area contributed by atoms with Gasteiger partial charge in [-0.15, -0.1) is 0 Å². The number of methoxy groups -OCH3 is 4. The van der Waals surface area contributed by atoms with Crippen molar-refractivity contribution < 1.29 is 32.9 Å². The Labute approximate surface area is 191 Å². The highest BCUT2D eigenvalue weighted by molar-refractivity contribution is 5.98. The van der Waals surface area contributed by atoms with Gasteiger partial charge >= 0.3 is 0 Å². The van der Waals surface area contributed by atoms with Crippen molar-refractivity contribution in [3.8, 4) is 39.9 Å². The fourth-order valence-electron chi connectivity index (χ4n) is 3.57. The summed E-state index contributed by atoms with van der Waals surface area (Å²) in [6.07, 6.45) is 1.69. The molecule has 0 unspecified atom stereocenters. The molecule has 4 aromatic rings. The molecule has 0 bridgehead atoms. The Morgan fingerprint density at radius 1 is 0.758 bits per heavy atom. The van der Waals surface area contributed by atoms with Gasteiger partial charge in [-0.1, -0.05) is 6.07 Å². The first-order chi connectivity index (χ1) is 16.1. The van der Waals surface area contributed by atoms with Gasteiger partial charge < -0.3 is 28.1 Å². The molecular formula is C26H24O7. The zero-order valence-corrected chi connectivity index (χ0v) is 18.8. The number of carbonyl (C=O) groups excluding carboxylic acids is 1. The maximum Gasteiger partial charge on any atom is 0.200 e. The lowest BCUT2D eigenvalue weighted by atomic mass is 10.0. The van der Waals surface area contributed by atoms with Gasteiger partial charge in [0.15, 0.2) is 35.4 Å². The van der Waals surface area contributed by atoms with E-state index in [0.29, 0.717) is 39.9 Å². The van der Waals surface area contributed by atoms with Crippen molar-refractivity contribution in [2.75, 3.05) is 35.0 Å². The van der Waals surface area contributed by atoms with Gasteiger partial charge in [-0.3, -0.25) is 4.79 Å². The molecule has 33 heavy (non-hydrogen) atoms. The second kappa shape index (κ2) is 9.56. The number of ketones is 1. The Kier molecular flexibility index (Phi) is 6.40. The number of benzene rings is 3. The van der Waals surface area contributed by atoms with Gasteiger partial charge in [-0.2, -0.15) is 0 Å². The van der Waals surface area contributed by atoms with Gasteiger partial charge in [0, 0.05) is 16.5 Å². The maximum absolute atomic E-state index is 12.7. The van der Waals surface area contributed by atoms with Crippen LogP contribution in [0.15, 0.2) is 65.3 Å². The molecule has 0 saturated heterocycles. The molecule has 1 heterocycles. The second-order valence-corrected chi connectivity index (χ2v) is 7.16. The highest BCUT2D eigenvalue weighted by Gasteiger charge is 2.15. The van der Waals surface area contributed by atoms with Crippen LogP contribution in [0.25, 0.3) is 22.1 Å². The lowest BCUT2D eigenvalue weighted by Crippen LogP contribution is -2.11. The third kappa shape index (κ3) is 4.43. The average molecular weight is 448 g/mol. The number of ether oxygens (including phenoxy) is 5. The van der Waals surface area contributed by atoms with E-state index in [0.717, 1.165) is 16.5 Å². The molecule has 0 radical (unpaired) electrons. The predicted octanol–water partition coefficient (Wildman–Crippen LogP) is 5.40. The number of hydrogen-bond donors (Lipinski definition) is 0. The zero-order chi connectivity index (χ0) is 23.4. The SMILES string of the molecule is COc1ccc(C(=O)COc2ccc3occ(-c4ccc(OC)c(OC)c4)c3c2)cc1OC. The van der Waals surface area contributed by atoms with Crippen LogP contribution in [0.5, 0.6) is 28.7 Å². The molecule has 3 aromatic carbocycles. The topological polar surface area (TPSA) is 76.4 Å². The Bertz CT molecular complexity index is 1290. The summed E-state index contributed by atoms with van der Waals surface area (Å²) in [5, 5.41) is 0.860. The van der Waals surface area contributed by atoms with Gasteiger partial charge in [0.1, 0.15) is 11.3 Å². The third-order valence-electron chi connectivity index (χ3n) is 5.31. The van der Waals surface area contributed by atoms with E-state index < -0.39 is 0 Å². The molecule has 0 amide bonds. The fourth-order valence-corrected chi connectivity index (χ4v) is 3.57. The van der Waals surface area contributed by atoms with Gasteiger partial charge in [0.2, 0.25) is 0 Å². The zero-order valence-electron chi connectivity index (χ0n) is 18.8. The van der Waals surface area contributed by atoms with E-state index in [1.807, 2.05) is 30.3 Å². The standard InChI is InChI=1S/C26H24O7/c1-28-23-8-5-16(11-25(23)30-3)20-14-33-22-10-7-18(13-19(20)22)32-15-21(27)17-6-9-24(29-2)26(12-17)31-4/h5-14H,15H2,1-4H3. The van der Waals surface area contributed by atoms with Gasteiger partial charge in [-0.05, 0) is 54.1 Å². The highest BCUT2D eigenvalue weighted by atomic mass is 16.5. The van der Waals surface area contributed by atoms with Crippen LogP contribution in [0.1, 0.15) is 10.4 Å². The minimum absolute atomic E-state index is 0.121. The first-order valence-corrected chi connectivity index (χ1v) is 10.2. The first-order valence-electron chi connectivity index (χ1n) is 10.2. The molecule has 7 heteroatoms. The van der Waals surface area contributed by atoms with E-state index >= 15 is 0 Å².